The molecule has 4 nitrogen and oxygen atoms in total. The first-order valence-corrected chi connectivity index (χ1v) is 6.69. The Morgan fingerprint density at radius 1 is 1.24 bits per heavy atom. The van der Waals surface area contributed by atoms with E-state index in [2.05, 4.69) is 11.9 Å². The summed E-state index contributed by atoms with van der Waals surface area (Å²) in [6.45, 7) is 7.03. The Bertz CT molecular complexity index is 273. The van der Waals surface area contributed by atoms with Crippen molar-refractivity contribution in [1.82, 2.24) is 9.80 Å². The molecule has 2 rings (SSSR count). The molecule has 0 aromatic heterocycles. The molecule has 0 saturated carbocycles. The Kier molecular flexibility index (Phi) is 4.05. The van der Waals surface area contributed by atoms with Crippen molar-refractivity contribution in [2.24, 2.45) is 5.41 Å². The van der Waals surface area contributed by atoms with E-state index in [0.717, 1.165) is 13.1 Å². The molecule has 0 aliphatic carbocycles. The van der Waals surface area contributed by atoms with Gasteiger partial charge in [-0.25, -0.2) is 0 Å². The summed E-state index contributed by atoms with van der Waals surface area (Å²) in [7, 11) is 2.18. The summed E-state index contributed by atoms with van der Waals surface area (Å²) in [4.78, 5) is 16.3. The smallest absolute Gasteiger partial charge is 0.248 e. The van der Waals surface area contributed by atoms with Crippen molar-refractivity contribution in [3.63, 3.8) is 0 Å². The van der Waals surface area contributed by atoms with E-state index in [1.54, 1.807) is 0 Å². The normalized spacial score (nSPS) is 24.5. The van der Waals surface area contributed by atoms with Crippen LogP contribution in [0.3, 0.4) is 0 Å². The van der Waals surface area contributed by atoms with Gasteiger partial charge in [0.2, 0.25) is 5.91 Å². The molecule has 0 aromatic carbocycles. The van der Waals surface area contributed by atoms with Crippen LogP contribution in [0.1, 0.15) is 26.2 Å². The maximum atomic E-state index is 11.9. The van der Waals surface area contributed by atoms with Crippen LogP contribution in [-0.4, -0.2) is 62.1 Å². The first-order chi connectivity index (χ1) is 8.15. The summed E-state index contributed by atoms with van der Waals surface area (Å²) in [6.07, 6.45) is 3.66. The number of amides is 1. The number of hydrogen-bond acceptors (Lipinski definition) is 3. The number of likely N-dealkylation sites (tertiary alicyclic amines) is 2. The second-order valence-corrected chi connectivity index (χ2v) is 5.51. The van der Waals surface area contributed by atoms with Crippen LogP contribution in [0.4, 0.5) is 0 Å². The van der Waals surface area contributed by atoms with E-state index in [-0.39, 0.29) is 12.5 Å². The van der Waals surface area contributed by atoms with Gasteiger partial charge in [-0.15, -0.1) is 0 Å². The quantitative estimate of drug-likeness (QED) is 0.737. The molecule has 0 atom stereocenters. The summed E-state index contributed by atoms with van der Waals surface area (Å²) < 4.78 is 5.20. The van der Waals surface area contributed by atoms with Gasteiger partial charge in [0.05, 0.1) is 0 Å². The van der Waals surface area contributed by atoms with Gasteiger partial charge in [0.1, 0.15) is 6.61 Å². The summed E-state index contributed by atoms with van der Waals surface area (Å²) in [5.74, 6) is 0.169. The second-order valence-electron chi connectivity index (χ2n) is 5.51. The van der Waals surface area contributed by atoms with E-state index in [1.807, 2.05) is 11.8 Å². The zero-order chi connectivity index (χ0) is 12.3. The predicted octanol–water partition coefficient (Wildman–Crippen LogP) is 0.967. The van der Waals surface area contributed by atoms with Crippen molar-refractivity contribution in [3.8, 4) is 0 Å². The molecule has 0 unspecified atom stereocenters. The summed E-state index contributed by atoms with van der Waals surface area (Å²) in [5, 5.41) is 0. The minimum Gasteiger partial charge on any atom is -0.372 e. The lowest BCUT2D eigenvalue weighted by atomic mass is 9.78. The van der Waals surface area contributed by atoms with E-state index in [1.165, 1.54) is 32.4 Å². The van der Waals surface area contributed by atoms with Gasteiger partial charge in [0, 0.05) is 19.7 Å². The number of carbonyl (C=O) groups is 1. The third-order valence-corrected chi connectivity index (χ3v) is 4.27. The highest BCUT2D eigenvalue weighted by molar-refractivity contribution is 5.77. The van der Waals surface area contributed by atoms with Crippen LogP contribution in [0, 0.1) is 5.41 Å². The Morgan fingerprint density at radius 2 is 1.88 bits per heavy atom. The Hall–Kier alpha value is -0.610. The standard InChI is InChI=1S/C13H24N2O2/c1-3-17-10-12(16)15-9-6-13(11-15)4-7-14(2)8-5-13/h3-11H2,1-2H3. The Balaban J connectivity index is 1.84. The largest absolute Gasteiger partial charge is 0.372 e. The SMILES string of the molecule is CCOCC(=O)N1CCC2(CCN(C)CC2)C1. The van der Waals surface area contributed by atoms with Crippen LogP contribution in [0.15, 0.2) is 0 Å². The second kappa shape index (κ2) is 5.36. The molecule has 17 heavy (non-hydrogen) atoms. The van der Waals surface area contributed by atoms with Crippen molar-refractivity contribution < 1.29 is 9.53 Å². The monoisotopic (exact) mass is 240 g/mol. The summed E-state index contributed by atoms with van der Waals surface area (Å²) in [6, 6.07) is 0. The highest BCUT2D eigenvalue weighted by atomic mass is 16.5. The van der Waals surface area contributed by atoms with Gasteiger partial charge >= 0.3 is 0 Å². The van der Waals surface area contributed by atoms with Crippen molar-refractivity contribution in [2.45, 2.75) is 26.2 Å². The molecule has 2 fully saturated rings. The summed E-state index contributed by atoms with van der Waals surface area (Å²) >= 11 is 0. The number of carbonyl (C=O) groups excluding carboxylic acids is 1. The van der Waals surface area contributed by atoms with Gasteiger partial charge < -0.3 is 14.5 Å². The van der Waals surface area contributed by atoms with E-state index in [4.69, 9.17) is 4.74 Å². The van der Waals surface area contributed by atoms with Gasteiger partial charge in [0.15, 0.2) is 0 Å². The van der Waals surface area contributed by atoms with E-state index in [0.29, 0.717) is 12.0 Å². The van der Waals surface area contributed by atoms with Gasteiger partial charge in [-0.05, 0) is 51.7 Å². The fourth-order valence-electron chi connectivity index (χ4n) is 2.93. The lowest BCUT2D eigenvalue weighted by molar-refractivity contribution is -0.135. The van der Waals surface area contributed by atoms with Crippen LogP contribution in [0.25, 0.3) is 0 Å². The fourth-order valence-corrected chi connectivity index (χ4v) is 2.93. The number of piperidine rings is 1. The minimum absolute atomic E-state index is 0.169. The van der Waals surface area contributed by atoms with Crippen LogP contribution < -0.4 is 0 Å². The molecule has 2 aliphatic heterocycles. The molecule has 2 saturated heterocycles. The molecule has 0 radical (unpaired) electrons. The van der Waals surface area contributed by atoms with Crippen molar-refractivity contribution in [1.29, 1.82) is 0 Å². The van der Waals surface area contributed by atoms with E-state index >= 15 is 0 Å². The zero-order valence-corrected chi connectivity index (χ0v) is 11.1. The van der Waals surface area contributed by atoms with Crippen LogP contribution in [0.5, 0.6) is 0 Å². The zero-order valence-electron chi connectivity index (χ0n) is 11.1. The average molecular weight is 240 g/mol. The average Bonchev–Trinajstić information content (AvgIpc) is 2.75. The van der Waals surface area contributed by atoms with Crippen molar-refractivity contribution in [3.05, 3.63) is 0 Å². The lowest BCUT2D eigenvalue weighted by Gasteiger charge is -2.37. The van der Waals surface area contributed by atoms with Crippen molar-refractivity contribution in [2.75, 3.05) is 46.4 Å². The van der Waals surface area contributed by atoms with Crippen LogP contribution in [-0.2, 0) is 9.53 Å². The molecule has 0 bridgehead atoms. The van der Waals surface area contributed by atoms with Gasteiger partial charge in [-0.3, -0.25) is 4.79 Å². The molecule has 0 aromatic rings. The van der Waals surface area contributed by atoms with Crippen LogP contribution in [0.2, 0.25) is 0 Å². The number of ether oxygens (including phenoxy) is 1. The summed E-state index contributed by atoms with van der Waals surface area (Å²) in [5.41, 5.74) is 0.411. The first kappa shape index (κ1) is 12.8. The molecule has 0 N–H and O–H groups in total. The Morgan fingerprint density at radius 3 is 2.53 bits per heavy atom. The van der Waals surface area contributed by atoms with Gasteiger partial charge in [-0.2, -0.15) is 0 Å². The molecular weight excluding hydrogens is 216 g/mol. The minimum atomic E-state index is 0.169. The van der Waals surface area contributed by atoms with Gasteiger partial charge in [0.25, 0.3) is 0 Å². The third kappa shape index (κ3) is 2.99. The van der Waals surface area contributed by atoms with Gasteiger partial charge in [-0.1, -0.05) is 0 Å². The number of hydrogen-bond donors (Lipinski definition) is 0. The maximum absolute atomic E-state index is 11.9. The fraction of sp³-hybridized carbons (Fsp3) is 0.923. The maximum Gasteiger partial charge on any atom is 0.248 e. The van der Waals surface area contributed by atoms with E-state index in [9.17, 15) is 4.79 Å². The topological polar surface area (TPSA) is 32.8 Å². The molecule has 98 valence electrons. The highest BCUT2D eigenvalue weighted by Crippen LogP contribution is 2.39. The lowest BCUT2D eigenvalue weighted by Crippen LogP contribution is -2.41. The third-order valence-electron chi connectivity index (χ3n) is 4.27. The molecular formula is C13H24N2O2. The number of rotatable bonds is 3. The Labute approximate surface area is 104 Å². The predicted molar refractivity (Wildman–Crippen MR) is 66.9 cm³/mol. The molecule has 1 spiro atoms. The molecule has 4 heteroatoms. The van der Waals surface area contributed by atoms with E-state index < -0.39 is 0 Å². The molecule has 2 heterocycles. The highest BCUT2D eigenvalue weighted by Gasteiger charge is 2.41. The number of nitrogens with zero attached hydrogens (tertiary/aromatic N) is 2. The molecule has 2 aliphatic rings. The first-order valence-electron chi connectivity index (χ1n) is 6.69. The van der Waals surface area contributed by atoms with Crippen LogP contribution >= 0.6 is 0 Å². The van der Waals surface area contributed by atoms with Crippen molar-refractivity contribution >= 4 is 5.91 Å². The molecule has 1 amide bonds.